The van der Waals surface area contributed by atoms with Gasteiger partial charge in [0, 0.05) is 12.1 Å². The highest BCUT2D eigenvalue weighted by atomic mass is 32.2. The first kappa shape index (κ1) is 15.5. The third-order valence-corrected chi connectivity index (χ3v) is 6.95. The van der Waals surface area contributed by atoms with Crippen LogP contribution in [0.25, 0.3) is 0 Å². The number of hydrogen-bond donors (Lipinski definition) is 0. The van der Waals surface area contributed by atoms with Gasteiger partial charge in [0.1, 0.15) is 0 Å². The quantitative estimate of drug-likeness (QED) is 0.836. The fourth-order valence-electron chi connectivity index (χ4n) is 3.20. The van der Waals surface area contributed by atoms with E-state index in [0.717, 1.165) is 36.0 Å². The summed E-state index contributed by atoms with van der Waals surface area (Å²) < 4.78 is 27.8. The van der Waals surface area contributed by atoms with Crippen LogP contribution in [0.1, 0.15) is 49.8 Å². The van der Waals surface area contributed by atoms with E-state index in [-0.39, 0.29) is 12.1 Å². The Morgan fingerprint density at radius 2 is 1.55 bits per heavy atom. The molecule has 1 fully saturated rings. The smallest absolute Gasteiger partial charge is 0.207 e. The third kappa shape index (κ3) is 2.51. The molecule has 0 spiro atoms. The van der Waals surface area contributed by atoms with Gasteiger partial charge in [0.15, 0.2) is 0 Å². The Morgan fingerprint density at radius 3 is 2.10 bits per heavy atom. The normalized spacial score (nSPS) is 24.9. The standard InChI is InChI=1S/C16H25NO2S/c1-11-9-10-16(15(5)14(11)4)20(18,19)17-12(2)7-6-8-13(17)3/h9-10,12-13H,6-8H2,1-5H3. The summed E-state index contributed by atoms with van der Waals surface area (Å²) in [4.78, 5) is 0.473. The maximum absolute atomic E-state index is 13.0. The highest BCUT2D eigenvalue weighted by Crippen LogP contribution is 2.32. The third-order valence-electron chi connectivity index (χ3n) is 4.68. The lowest BCUT2D eigenvalue weighted by molar-refractivity contribution is 0.204. The maximum Gasteiger partial charge on any atom is 0.243 e. The Hall–Kier alpha value is -0.870. The summed E-state index contributed by atoms with van der Waals surface area (Å²) in [6.07, 6.45) is 3.02. The van der Waals surface area contributed by atoms with Crippen LogP contribution in [0.3, 0.4) is 0 Å². The van der Waals surface area contributed by atoms with Crippen LogP contribution in [0.5, 0.6) is 0 Å². The molecule has 0 radical (unpaired) electrons. The second-order valence-corrected chi connectivity index (χ2v) is 7.91. The van der Waals surface area contributed by atoms with Crippen LogP contribution in [0.2, 0.25) is 0 Å². The number of rotatable bonds is 2. The van der Waals surface area contributed by atoms with E-state index < -0.39 is 10.0 Å². The molecule has 1 aromatic carbocycles. The van der Waals surface area contributed by atoms with Crippen molar-refractivity contribution in [2.24, 2.45) is 0 Å². The number of hydrogen-bond acceptors (Lipinski definition) is 2. The SMILES string of the molecule is Cc1ccc(S(=O)(=O)N2C(C)CCCC2C)c(C)c1C. The summed E-state index contributed by atoms with van der Waals surface area (Å²) in [5.74, 6) is 0. The summed E-state index contributed by atoms with van der Waals surface area (Å²) in [6, 6.07) is 3.85. The van der Waals surface area contributed by atoms with Gasteiger partial charge in [0.2, 0.25) is 10.0 Å². The van der Waals surface area contributed by atoms with E-state index in [0.29, 0.717) is 4.90 Å². The Kier molecular flexibility index (Phi) is 4.26. The molecule has 0 aromatic heterocycles. The highest BCUT2D eigenvalue weighted by Gasteiger charge is 2.36. The summed E-state index contributed by atoms with van der Waals surface area (Å²) in [7, 11) is -3.40. The number of piperidine rings is 1. The molecule has 1 heterocycles. The lowest BCUT2D eigenvalue weighted by Crippen LogP contribution is -2.47. The lowest BCUT2D eigenvalue weighted by Gasteiger charge is -2.38. The largest absolute Gasteiger partial charge is 0.243 e. The molecule has 0 amide bonds. The van der Waals surface area contributed by atoms with Crippen LogP contribution in [0.4, 0.5) is 0 Å². The zero-order chi connectivity index (χ0) is 15.1. The van der Waals surface area contributed by atoms with E-state index in [1.165, 1.54) is 0 Å². The van der Waals surface area contributed by atoms with Crippen molar-refractivity contribution in [3.63, 3.8) is 0 Å². The van der Waals surface area contributed by atoms with E-state index in [9.17, 15) is 8.42 Å². The van der Waals surface area contributed by atoms with Crippen molar-refractivity contribution in [1.29, 1.82) is 0 Å². The summed E-state index contributed by atoms with van der Waals surface area (Å²) in [5, 5.41) is 0. The monoisotopic (exact) mass is 295 g/mol. The summed E-state index contributed by atoms with van der Waals surface area (Å²) in [5.41, 5.74) is 3.10. The minimum Gasteiger partial charge on any atom is -0.207 e. The first-order valence-corrected chi connectivity index (χ1v) is 8.81. The lowest BCUT2D eigenvalue weighted by atomic mass is 10.0. The van der Waals surface area contributed by atoms with Gasteiger partial charge in [0.25, 0.3) is 0 Å². The molecule has 1 aromatic rings. The van der Waals surface area contributed by atoms with Crippen molar-refractivity contribution in [3.8, 4) is 0 Å². The van der Waals surface area contributed by atoms with Crippen molar-refractivity contribution in [2.75, 3.05) is 0 Å². The topological polar surface area (TPSA) is 37.4 Å². The van der Waals surface area contributed by atoms with Crippen molar-refractivity contribution in [2.45, 2.75) is 70.9 Å². The van der Waals surface area contributed by atoms with Crippen LogP contribution < -0.4 is 0 Å². The fraction of sp³-hybridized carbons (Fsp3) is 0.625. The van der Waals surface area contributed by atoms with Crippen molar-refractivity contribution in [1.82, 2.24) is 4.31 Å². The minimum atomic E-state index is -3.40. The van der Waals surface area contributed by atoms with E-state index in [2.05, 4.69) is 0 Å². The molecule has 0 N–H and O–H groups in total. The molecule has 4 heteroatoms. The molecule has 1 aliphatic heterocycles. The molecule has 0 bridgehead atoms. The van der Waals surface area contributed by atoms with Crippen LogP contribution in [-0.4, -0.2) is 24.8 Å². The number of sulfonamides is 1. The fourth-order valence-corrected chi connectivity index (χ4v) is 5.36. The van der Waals surface area contributed by atoms with Crippen LogP contribution >= 0.6 is 0 Å². The van der Waals surface area contributed by atoms with Gasteiger partial charge in [-0.15, -0.1) is 0 Å². The molecular weight excluding hydrogens is 270 g/mol. The van der Waals surface area contributed by atoms with Crippen LogP contribution in [0.15, 0.2) is 17.0 Å². The first-order valence-electron chi connectivity index (χ1n) is 7.37. The first-order chi connectivity index (χ1) is 9.26. The average molecular weight is 295 g/mol. The van der Waals surface area contributed by atoms with E-state index in [4.69, 9.17) is 0 Å². The van der Waals surface area contributed by atoms with Crippen molar-refractivity contribution in [3.05, 3.63) is 28.8 Å². The van der Waals surface area contributed by atoms with Crippen molar-refractivity contribution >= 4 is 10.0 Å². The predicted molar refractivity (Wildman–Crippen MR) is 82.5 cm³/mol. The zero-order valence-corrected chi connectivity index (χ0v) is 13.9. The maximum atomic E-state index is 13.0. The second-order valence-electron chi connectivity index (χ2n) is 6.09. The van der Waals surface area contributed by atoms with Gasteiger partial charge < -0.3 is 0 Å². The summed E-state index contributed by atoms with van der Waals surface area (Å²) in [6.45, 7) is 9.96. The minimum absolute atomic E-state index is 0.0877. The van der Waals surface area contributed by atoms with Gasteiger partial charge in [0.05, 0.1) is 4.90 Å². The highest BCUT2D eigenvalue weighted by molar-refractivity contribution is 7.89. The molecule has 2 unspecified atom stereocenters. The molecule has 2 rings (SSSR count). The number of nitrogens with zero attached hydrogens (tertiary/aromatic N) is 1. The average Bonchev–Trinajstić information content (AvgIpc) is 2.35. The van der Waals surface area contributed by atoms with Gasteiger partial charge in [-0.2, -0.15) is 4.31 Å². The molecule has 20 heavy (non-hydrogen) atoms. The molecular formula is C16H25NO2S. The van der Waals surface area contributed by atoms with E-state index >= 15 is 0 Å². The van der Waals surface area contributed by atoms with Gasteiger partial charge in [-0.1, -0.05) is 12.5 Å². The molecule has 2 atom stereocenters. The van der Waals surface area contributed by atoms with Gasteiger partial charge in [-0.05, 0) is 70.2 Å². The second kappa shape index (κ2) is 5.49. The Bertz CT molecular complexity index is 597. The van der Waals surface area contributed by atoms with Gasteiger partial charge in [-0.25, -0.2) is 8.42 Å². The predicted octanol–water partition coefficient (Wildman–Crippen LogP) is 3.56. The Morgan fingerprint density at radius 1 is 1.00 bits per heavy atom. The molecule has 1 aliphatic rings. The van der Waals surface area contributed by atoms with Crippen LogP contribution in [0, 0.1) is 20.8 Å². The van der Waals surface area contributed by atoms with E-state index in [1.807, 2.05) is 40.7 Å². The molecule has 1 saturated heterocycles. The molecule has 3 nitrogen and oxygen atoms in total. The number of aryl methyl sites for hydroxylation is 1. The molecule has 0 saturated carbocycles. The van der Waals surface area contributed by atoms with Crippen LogP contribution in [-0.2, 0) is 10.0 Å². The van der Waals surface area contributed by atoms with E-state index in [1.54, 1.807) is 10.4 Å². The number of benzene rings is 1. The molecule has 112 valence electrons. The Balaban J connectivity index is 2.52. The zero-order valence-electron chi connectivity index (χ0n) is 13.1. The molecule has 0 aliphatic carbocycles. The van der Waals surface area contributed by atoms with Crippen molar-refractivity contribution < 1.29 is 8.42 Å². The van der Waals surface area contributed by atoms with Gasteiger partial charge in [-0.3, -0.25) is 0 Å². The van der Waals surface area contributed by atoms with Gasteiger partial charge >= 0.3 is 0 Å². The summed E-state index contributed by atoms with van der Waals surface area (Å²) >= 11 is 0. The Labute approximate surface area is 123 Å².